The molecule has 14 heavy (non-hydrogen) atoms. The lowest BCUT2D eigenvalue weighted by atomic mass is 9.97. The van der Waals surface area contributed by atoms with Crippen LogP contribution in [0, 0.1) is 5.92 Å². The van der Waals surface area contributed by atoms with Crippen molar-refractivity contribution in [3.8, 4) is 0 Å². The molecule has 1 fully saturated rings. The predicted octanol–water partition coefficient (Wildman–Crippen LogP) is -0.336. The molecule has 4 nitrogen and oxygen atoms in total. The van der Waals surface area contributed by atoms with E-state index in [1.807, 2.05) is 14.1 Å². The van der Waals surface area contributed by atoms with Crippen molar-refractivity contribution in [2.45, 2.75) is 12.8 Å². The summed E-state index contributed by atoms with van der Waals surface area (Å²) in [6.45, 7) is 3.63. The van der Waals surface area contributed by atoms with E-state index in [0.29, 0.717) is 0 Å². The van der Waals surface area contributed by atoms with Crippen LogP contribution in [-0.4, -0.2) is 51.1 Å². The van der Waals surface area contributed by atoms with Gasteiger partial charge in [-0.1, -0.05) is 0 Å². The monoisotopic (exact) mass is 199 g/mol. The van der Waals surface area contributed by atoms with Crippen molar-refractivity contribution in [2.24, 2.45) is 5.92 Å². The van der Waals surface area contributed by atoms with Crippen LogP contribution in [0.15, 0.2) is 0 Å². The molecule has 0 atom stereocenters. The molecule has 1 amide bonds. The van der Waals surface area contributed by atoms with Crippen LogP contribution in [0.3, 0.4) is 0 Å². The number of carbonyl (C=O) groups excluding carboxylic acids is 1. The van der Waals surface area contributed by atoms with Crippen molar-refractivity contribution < 1.29 is 4.79 Å². The third-order valence-corrected chi connectivity index (χ3v) is 2.57. The molecule has 0 aromatic rings. The largest absolute Gasteiger partial charge is 0.355 e. The van der Waals surface area contributed by atoms with Gasteiger partial charge < -0.3 is 15.5 Å². The van der Waals surface area contributed by atoms with Gasteiger partial charge in [-0.15, -0.1) is 0 Å². The Hall–Kier alpha value is -0.610. The molecule has 0 unspecified atom stereocenters. The molecule has 2 N–H and O–H groups in total. The highest BCUT2D eigenvalue weighted by atomic mass is 16.1. The fraction of sp³-hybridized carbons (Fsp3) is 0.900. The normalized spacial score (nSPS) is 18.5. The molecule has 0 bridgehead atoms. The van der Waals surface area contributed by atoms with E-state index in [-0.39, 0.29) is 11.8 Å². The van der Waals surface area contributed by atoms with Crippen molar-refractivity contribution in [1.82, 2.24) is 15.5 Å². The number of rotatable bonds is 4. The highest BCUT2D eigenvalue weighted by Crippen LogP contribution is 2.10. The van der Waals surface area contributed by atoms with Crippen LogP contribution < -0.4 is 10.6 Å². The zero-order valence-corrected chi connectivity index (χ0v) is 9.18. The number of likely N-dealkylation sites (N-methyl/N-ethyl adjacent to an activating group) is 1. The summed E-state index contributed by atoms with van der Waals surface area (Å²) >= 11 is 0. The van der Waals surface area contributed by atoms with E-state index < -0.39 is 0 Å². The van der Waals surface area contributed by atoms with Crippen LogP contribution in [0.4, 0.5) is 0 Å². The minimum absolute atomic E-state index is 0.230. The van der Waals surface area contributed by atoms with Gasteiger partial charge in [0.25, 0.3) is 0 Å². The van der Waals surface area contributed by atoms with Crippen molar-refractivity contribution in [3.05, 3.63) is 0 Å². The zero-order chi connectivity index (χ0) is 10.4. The van der Waals surface area contributed by atoms with Gasteiger partial charge in [-0.2, -0.15) is 0 Å². The number of carbonyl (C=O) groups is 1. The molecule has 1 saturated heterocycles. The first kappa shape index (κ1) is 11.5. The molecule has 4 heteroatoms. The molecule has 0 spiro atoms. The molecule has 0 aliphatic carbocycles. The lowest BCUT2D eigenvalue weighted by molar-refractivity contribution is -0.125. The van der Waals surface area contributed by atoms with Crippen molar-refractivity contribution in [2.75, 3.05) is 40.3 Å². The van der Waals surface area contributed by atoms with Gasteiger partial charge in [0.1, 0.15) is 0 Å². The van der Waals surface area contributed by atoms with E-state index in [9.17, 15) is 4.79 Å². The predicted molar refractivity (Wildman–Crippen MR) is 57.2 cm³/mol. The topological polar surface area (TPSA) is 44.4 Å². The first-order chi connectivity index (χ1) is 6.70. The van der Waals surface area contributed by atoms with Crippen LogP contribution in [0.1, 0.15) is 12.8 Å². The van der Waals surface area contributed by atoms with E-state index in [1.54, 1.807) is 0 Å². The maximum atomic E-state index is 11.6. The molecule has 0 radical (unpaired) electrons. The third-order valence-electron chi connectivity index (χ3n) is 2.57. The van der Waals surface area contributed by atoms with Crippen LogP contribution in [0.2, 0.25) is 0 Å². The Kier molecular flexibility index (Phi) is 4.90. The maximum Gasteiger partial charge on any atom is 0.223 e. The van der Waals surface area contributed by atoms with Crippen LogP contribution in [0.5, 0.6) is 0 Å². The van der Waals surface area contributed by atoms with Gasteiger partial charge in [0.05, 0.1) is 0 Å². The average molecular weight is 199 g/mol. The summed E-state index contributed by atoms with van der Waals surface area (Å²) in [7, 11) is 4.02. The second-order valence-electron chi connectivity index (χ2n) is 4.12. The fourth-order valence-electron chi connectivity index (χ4n) is 1.63. The molecule has 0 aromatic carbocycles. The van der Waals surface area contributed by atoms with Crippen molar-refractivity contribution in [1.29, 1.82) is 0 Å². The smallest absolute Gasteiger partial charge is 0.223 e. The summed E-state index contributed by atoms with van der Waals surface area (Å²) in [5, 5.41) is 6.23. The molecule has 1 heterocycles. The summed E-state index contributed by atoms with van der Waals surface area (Å²) in [4.78, 5) is 13.7. The number of piperidine rings is 1. The summed E-state index contributed by atoms with van der Waals surface area (Å²) in [6, 6.07) is 0. The van der Waals surface area contributed by atoms with Gasteiger partial charge in [-0.3, -0.25) is 4.79 Å². The molecule has 1 aliphatic rings. The zero-order valence-electron chi connectivity index (χ0n) is 9.18. The van der Waals surface area contributed by atoms with E-state index in [2.05, 4.69) is 15.5 Å². The Morgan fingerprint density at radius 3 is 2.64 bits per heavy atom. The third kappa shape index (κ3) is 4.07. The summed E-state index contributed by atoms with van der Waals surface area (Å²) in [5.41, 5.74) is 0. The highest BCUT2D eigenvalue weighted by Gasteiger charge is 2.19. The highest BCUT2D eigenvalue weighted by molar-refractivity contribution is 5.78. The summed E-state index contributed by atoms with van der Waals surface area (Å²) in [6.07, 6.45) is 1.96. The van der Waals surface area contributed by atoms with E-state index in [1.165, 1.54) is 0 Å². The van der Waals surface area contributed by atoms with Crippen molar-refractivity contribution in [3.63, 3.8) is 0 Å². The van der Waals surface area contributed by atoms with Crippen LogP contribution >= 0.6 is 0 Å². The minimum Gasteiger partial charge on any atom is -0.355 e. The van der Waals surface area contributed by atoms with Gasteiger partial charge in [0.15, 0.2) is 0 Å². The fourth-order valence-corrected chi connectivity index (χ4v) is 1.63. The van der Waals surface area contributed by atoms with E-state index in [0.717, 1.165) is 39.0 Å². The second kappa shape index (κ2) is 5.98. The van der Waals surface area contributed by atoms with Crippen molar-refractivity contribution >= 4 is 5.91 Å². The summed E-state index contributed by atoms with van der Waals surface area (Å²) < 4.78 is 0. The van der Waals surface area contributed by atoms with E-state index >= 15 is 0 Å². The Morgan fingerprint density at radius 1 is 1.43 bits per heavy atom. The molecular formula is C10H21N3O. The first-order valence-electron chi connectivity index (χ1n) is 5.33. The SMILES string of the molecule is CN(C)CCNC(=O)C1CCNCC1. The van der Waals surface area contributed by atoms with Crippen LogP contribution in [0.25, 0.3) is 0 Å². The molecule has 1 rings (SSSR count). The Morgan fingerprint density at radius 2 is 2.07 bits per heavy atom. The molecule has 82 valence electrons. The Labute approximate surface area is 86.0 Å². The quantitative estimate of drug-likeness (QED) is 0.651. The number of nitrogens with one attached hydrogen (secondary N) is 2. The molecule has 0 saturated carbocycles. The minimum atomic E-state index is 0.230. The molecular weight excluding hydrogens is 178 g/mol. The Balaban J connectivity index is 2.13. The molecule has 0 aromatic heterocycles. The number of hydrogen-bond donors (Lipinski definition) is 2. The lowest BCUT2D eigenvalue weighted by Gasteiger charge is -2.22. The number of amides is 1. The number of nitrogens with zero attached hydrogens (tertiary/aromatic N) is 1. The molecule has 1 aliphatic heterocycles. The maximum absolute atomic E-state index is 11.6. The summed E-state index contributed by atoms with van der Waals surface area (Å²) in [5.74, 6) is 0.465. The number of hydrogen-bond acceptors (Lipinski definition) is 3. The van der Waals surface area contributed by atoms with Gasteiger partial charge >= 0.3 is 0 Å². The Bertz CT molecular complexity index is 176. The van der Waals surface area contributed by atoms with Crippen LogP contribution in [-0.2, 0) is 4.79 Å². The van der Waals surface area contributed by atoms with Gasteiger partial charge in [-0.05, 0) is 40.0 Å². The van der Waals surface area contributed by atoms with Gasteiger partial charge in [0, 0.05) is 19.0 Å². The van der Waals surface area contributed by atoms with Gasteiger partial charge in [-0.25, -0.2) is 0 Å². The second-order valence-corrected chi connectivity index (χ2v) is 4.12. The first-order valence-corrected chi connectivity index (χ1v) is 5.33. The van der Waals surface area contributed by atoms with E-state index in [4.69, 9.17) is 0 Å². The lowest BCUT2D eigenvalue weighted by Crippen LogP contribution is -2.40. The van der Waals surface area contributed by atoms with Gasteiger partial charge in [0.2, 0.25) is 5.91 Å². The average Bonchev–Trinajstić information content (AvgIpc) is 2.18. The standard InChI is InChI=1S/C10H21N3O/c1-13(2)8-7-12-10(14)9-3-5-11-6-4-9/h9,11H,3-8H2,1-2H3,(H,12,14).